The van der Waals surface area contributed by atoms with Crippen molar-refractivity contribution in [1.29, 1.82) is 0 Å². The van der Waals surface area contributed by atoms with Crippen LogP contribution in [0.3, 0.4) is 0 Å². The second-order valence-corrected chi connectivity index (χ2v) is 3.47. The van der Waals surface area contributed by atoms with Gasteiger partial charge in [0, 0.05) is 0 Å². The molecule has 2 heteroatoms. The van der Waals surface area contributed by atoms with Gasteiger partial charge >= 0.3 is 5.97 Å². The maximum Gasteiger partial charge on any atom is 0.337 e. The van der Waals surface area contributed by atoms with E-state index in [4.69, 9.17) is 0 Å². The number of hydrogen-bond acceptors (Lipinski definition) is 2. The highest BCUT2D eigenvalue weighted by Crippen LogP contribution is 2.24. The minimum atomic E-state index is -0.351. The zero-order valence-corrected chi connectivity index (χ0v) is 8.80. The lowest BCUT2D eigenvalue weighted by Gasteiger charge is -2.13. The van der Waals surface area contributed by atoms with Crippen molar-refractivity contribution in [1.82, 2.24) is 0 Å². The van der Waals surface area contributed by atoms with Crippen molar-refractivity contribution in [2.75, 3.05) is 7.11 Å². The van der Waals surface area contributed by atoms with Gasteiger partial charge in [-0.1, -0.05) is 18.2 Å². The first kappa shape index (κ1) is 10.8. The molecule has 0 N–H and O–H groups in total. The molecule has 0 unspecified atom stereocenters. The Labute approximate surface area is 85.0 Å². The van der Waals surface area contributed by atoms with Crippen LogP contribution in [0.25, 0.3) is 0 Å². The summed E-state index contributed by atoms with van der Waals surface area (Å²) in [6.45, 7) is 5.74. The lowest BCUT2D eigenvalue weighted by molar-refractivity contribution is -0.135. The van der Waals surface area contributed by atoms with Gasteiger partial charge in [0.05, 0.1) is 12.7 Å². The predicted molar refractivity (Wildman–Crippen MR) is 56.8 cm³/mol. The Kier molecular flexibility index (Phi) is 3.69. The third-order valence-electron chi connectivity index (χ3n) is 2.40. The molecule has 0 amide bonds. The summed E-state index contributed by atoms with van der Waals surface area (Å²) in [5.41, 5.74) is 2.88. The van der Waals surface area contributed by atoms with Crippen molar-refractivity contribution in [2.24, 2.45) is 0 Å². The first-order valence-electron chi connectivity index (χ1n) is 4.80. The van der Waals surface area contributed by atoms with Gasteiger partial charge in [-0.2, -0.15) is 0 Å². The molecular formula is C12H16O2. The van der Waals surface area contributed by atoms with Crippen molar-refractivity contribution in [2.45, 2.75) is 26.2 Å². The molecule has 2 nitrogen and oxygen atoms in total. The molecule has 1 rings (SSSR count). The maximum absolute atomic E-state index is 11.1. The molecule has 0 atom stereocenters. The first-order valence-corrected chi connectivity index (χ1v) is 4.80. The van der Waals surface area contributed by atoms with Crippen LogP contribution >= 0.6 is 0 Å². The molecule has 0 aliphatic heterocycles. The monoisotopic (exact) mass is 192 g/mol. The Hall–Kier alpha value is -1.31. The normalized spacial score (nSPS) is 19.0. The number of allylic oxidation sites excluding steroid dienone is 3. The third kappa shape index (κ3) is 2.59. The van der Waals surface area contributed by atoms with E-state index in [1.807, 2.05) is 6.08 Å². The van der Waals surface area contributed by atoms with Crippen molar-refractivity contribution in [3.05, 3.63) is 35.5 Å². The van der Waals surface area contributed by atoms with E-state index in [0.717, 1.165) is 19.3 Å². The number of carbonyl (C=O) groups excluding carboxylic acids is 1. The summed E-state index contributed by atoms with van der Waals surface area (Å²) in [6.07, 6.45) is 7.33. The SMILES string of the molecule is C=C(C=C1CCCC=C1C)C(=O)OC. The summed E-state index contributed by atoms with van der Waals surface area (Å²) >= 11 is 0. The van der Waals surface area contributed by atoms with Gasteiger partial charge in [-0.25, -0.2) is 4.79 Å². The third-order valence-corrected chi connectivity index (χ3v) is 2.40. The fraction of sp³-hybridized carbons (Fsp3) is 0.417. The fourth-order valence-electron chi connectivity index (χ4n) is 1.53. The lowest BCUT2D eigenvalue weighted by Crippen LogP contribution is -2.03. The fourth-order valence-corrected chi connectivity index (χ4v) is 1.53. The van der Waals surface area contributed by atoms with Crippen LogP contribution in [0, 0.1) is 0 Å². The summed E-state index contributed by atoms with van der Waals surface area (Å²) < 4.78 is 4.59. The van der Waals surface area contributed by atoms with Gasteiger partial charge in [0.1, 0.15) is 0 Å². The van der Waals surface area contributed by atoms with Gasteiger partial charge in [-0.15, -0.1) is 0 Å². The molecule has 0 heterocycles. The van der Waals surface area contributed by atoms with Gasteiger partial charge in [-0.3, -0.25) is 0 Å². The topological polar surface area (TPSA) is 26.3 Å². The largest absolute Gasteiger partial charge is 0.465 e. The highest BCUT2D eigenvalue weighted by atomic mass is 16.5. The minimum Gasteiger partial charge on any atom is -0.465 e. The van der Waals surface area contributed by atoms with E-state index in [0.29, 0.717) is 5.57 Å². The van der Waals surface area contributed by atoms with Gasteiger partial charge in [-0.05, 0) is 37.8 Å². The Bertz CT molecular complexity index is 308. The standard InChI is InChI=1S/C12H16O2/c1-9-6-4-5-7-11(9)8-10(2)12(13)14-3/h6,8H,2,4-5,7H2,1,3H3. The first-order chi connectivity index (χ1) is 6.65. The van der Waals surface area contributed by atoms with Crippen LogP contribution in [-0.2, 0) is 9.53 Å². The zero-order chi connectivity index (χ0) is 10.6. The number of hydrogen-bond donors (Lipinski definition) is 0. The summed E-state index contributed by atoms with van der Waals surface area (Å²) in [7, 11) is 1.37. The van der Waals surface area contributed by atoms with Crippen LogP contribution in [0.15, 0.2) is 35.5 Å². The van der Waals surface area contributed by atoms with Crippen LogP contribution in [0.4, 0.5) is 0 Å². The highest BCUT2D eigenvalue weighted by Gasteiger charge is 2.09. The molecule has 0 aromatic heterocycles. The molecule has 0 spiro atoms. The van der Waals surface area contributed by atoms with Crippen molar-refractivity contribution in [3.63, 3.8) is 0 Å². The van der Waals surface area contributed by atoms with Gasteiger partial charge < -0.3 is 4.74 Å². The average molecular weight is 192 g/mol. The molecule has 1 aliphatic rings. The molecule has 0 aromatic carbocycles. The van der Waals surface area contributed by atoms with Crippen molar-refractivity contribution < 1.29 is 9.53 Å². The van der Waals surface area contributed by atoms with E-state index < -0.39 is 0 Å². The number of rotatable bonds is 2. The van der Waals surface area contributed by atoms with Crippen LogP contribution in [0.2, 0.25) is 0 Å². The van der Waals surface area contributed by atoms with Gasteiger partial charge in [0.2, 0.25) is 0 Å². The maximum atomic E-state index is 11.1. The Morgan fingerprint density at radius 1 is 1.64 bits per heavy atom. The summed E-state index contributed by atoms with van der Waals surface area (Å²) in [5, 5.41) is 0. The number of carbonyl (C=O) groups is 1. The Morgan fingerprint density at radius 3 is 2.93 bits per heavy atom. The van der Waals surface area contributed by atoms with E-state index in [-0.39, 0.29) is 5.97 Å². The van der Waals surface area contributed by atoms with E-state index in [2.05, 4.69) is 24.3 Å². The van der Waals surface area contributed by atoms with Crippen molar-refractivity contribution in [3.8, 4) is 0 Å². The molecule has 14 heavy (non-hydrogen) atoms. The number of ether oxygens (including phenoxy) is 1. The van der Waals surface area contributed by atoms with Crippen LogP contribution < -0.4 is 0 Å². The van der Waals surface area contributed by atoms with Crippen LogP contribution in [-0.4, -0.2) is 13.1 Å². The second-order valence-electron chi connectivity index (χ2n) is 3.47. The quantitative estimate of drug-likeness (QED) is 0.496. The molecule has 0 fully saturated rings. The Morgan fingerprint density at radius 2 is 2.36 bits per heavy atom. The zero-order valence-electron chi connectivity index (χ0n) is 8.80. The molecule has 1 aliphatic carbocycles. The molecular weight excluding hydrogens is 176 g/mol. The molecule has 0 aromatic rings. The van der Waals surface area contributed by atoms with E-state index in [1.165, 1.54) is 18.3 Å². The predicted octanol–water partition coefficient (Wildman–Crippen LogP) is 2.77. The molecule has 0 radical (unpaired) electrons. The van der Waals surface area contributed by atoms with Crippen molar-refractivity contribution >= 4 is 5.97 Å². The molecule has 0 saturated heterocycles. The molecule has 0 saturated carbocycles. The molecule has 0 bridgehead atoms. The summed E-state index contributed by atoms with van der Waals surface area (Å²) in [5.74, 6) is -0.351. The second kappa shape index (κ2) is 4.80. The van der Waals surface area contributed by atoms with Crippen LogP contribution in [0.1, 0.15) is 26.2 Å². The number of esters is 1. The van der Waals surface area contributed by atoms with E-state index >= 15 is 0 Å². The summed E-state index contributed by atoms with van der Waals surface area (Å²) in [4.78, 5) is 11.1. The molecule has 76 valence electrons. The lowest BCUT2D eigenvalue weighted by atomic mass is 9.93. The minimum absolute atomic E-state index is 0.351. The van der Waals surface area contributed by atoms with E-state index in [9.17, 15) is 4.79 Å². The summed E-state index contributed by atoms with van der Waals surface area (Å²) in [6, 6.07) is 0. The van der Waals surface area contributed by atoms with Gasteiger partial charge in [0.15, 0.2) is 0 Å². The highest BCUT2D eigenvalue weighted by molar-refractivity contribution is 5.91. The van der Waals surface area contributed by atoms with Crippen LogP contribution in [0.5, 0.6) is 0 Å². The smallest absolute Gasteiger partial charge is 0.337 e. The Balaban J connectivity index is 2.77. The van der Waals surface area contributed by atoms with E-state index in [1.54, 1.807) is 0 Å². The van der Waals surface area contributed by atoms with Gasteiger partial charge in [0.25, 0.3) is 0 Å². The number of methoxy groups -OCH3 is 1. The average Bonchev–Trinajstić information content (AvgIpc) is 2.20.